The van der Waals surface area contributed by atoms with E-state index in [9.17, 15) is 0 Å². The van der Waals surface area contributed by atoms with E-state index >= 15 is 0 Å². The van der Waals surface area contributed by atoms with Crippen LogP contribution in [0.25, 0.3) is 0 Å². The van der Waals surface area contributed by atoms with E-state index in [1.807, 2.05) is 0 Å². The minimum absolute atomic E-state index is 0. The highest BCUT2D eigenvalue weighted by Crippen LogP contribution is 2.20. The molecule has 0 aromatic heterocycles. The molecule has 1 aliphatic rings. The Bertz CT molecular complexity index is 305. The van der Waals surface area contributed by atoms with Gasteiger partial charge in [-0.05, 0) is 44.3 Å². The van der Waals surface area contributed by atoms with Crippen LogP contribution in [0.3, 0.4) is 0 Å². The van der Waals surface area contributed by atoms with Crippen molar-refractivity contribution < 1.29 is 0 Å². The van der Waals surface area contributed by atoms with Crippen molar-refractivity contribution in [3.63, 3.8) is 0 Å². The number of hydrogen-bond acceptors (Lipinski definition) is 2. The van der Waals surface area contributed by atoms with E-state index in [1.165, 1.54) is 31.5 Å². The van der Waals surface area contributed by atoms with E-state index in [1.54, 1.807) is 0 Å². The molecule has 0 spiro atoms. The number of hydrogen-bond donors (Lipinski definition) is 1. The summed E-state index contributed by atoms with van der Waals surface area (Å²) in [5.41, 5.74) is 7.36. The zero-order chi connectivity index (χ0) is 11.4. The van der Waals surface area contributed by atoms with Gasteiger partial charge in [-0.3, -0.25) is 4.90 Å². The summed E-state index contributed by atoms with van der Waals surface area (Å²) in [5.74, 6) is 0.729. The molecule has 2 nitrogen and oxygen atoms in total. The zero-order valence-electron chi connectivity index (χ0n) is 10.5. The number of rotatable bonds is 3. The van der Waals surface area contributed by atoms with Crippen LogP contribution in [0.2, 0.25) is 0 Å². The first-order valence-corrected chi connectivity index (χ1v) is 6.27. The molecule has 96 valence electrons. The van der Waals surface area contributed by atoms with Gasteiger partial charge in [-0.1, -0.05) is 30.3 Å². The maximum Gasteiger partial charge on any atom is 0.0233 e. The van der Waals surface area contributed by atoms with Crippen molar-refractivity contribution in [2.75, 3.05) is 13.1 Å². The van der Waals surface area contributed by atoms with Gasteiger partial charge in [0.1, 0.15) is 0 Å². The monoisotopic (exact) mass is 254 g/mol. The lowest BCUT2D eigenvalue weighted by atomic mass is 9.91. The van der Waals surface area contributed by atoms with E-state index in [2.05, 4.69) is 42.2 Å². The number of nitrogens with zero attached hydrogens (tertiary/aromatic N) is 1. The number of benzene rings is 1. The fraction of sp³-hybridized carbons (Fsp3) is 0.571. The van der Waals surface area contributed by atoms with E-state index in [0.717, 1.165) is 12.5 Å². The smallest absolute Gasteiger partial charge is 0.0233 e. The summed E-state index contributed by atoms with van der Waals surface area (Å²) >= 11 is 0. The lowest BCUT2D eigenvalue weighted by molar-refractivity contribution is 0.166. The average molecular weight is 255 g/mol. The zero-order valence-corrected chi connectivity index (χ0v) is 11.3. The van der Waals surface area contributed by atoms with Crippen LogP contribution in [0.4, 0.5) is 0 Å². The molecule has 3 heteroatoms. The second kappa shape index (κ2) is 7.00. The Morgan fingerprint density at radius 1 is 1.24 bits per heavy atom. The molecule has 0 bridgehead atoms. The van der Waals surface area contributed by atoms with Crippen LogP contribution in [-0.4, -0.2) is 24.0 Å². The van der Waals surface area contributed by atoms with Gasteiger partial charge in [-0.2, -0.15) is 0 Å². The Balaban J connectivity index is 0.00000144. The summed E-state index contributed by atoms with van der Waals surface area (Å²) in [7, 11) is 0. The number of halogens is 1. The molecule has 1 aromatic carbocycles. The van der Waals surface area contributed by atoms with Crippen LogP contribution in [0.1, 0.15) is 25.3 Å². The predicted molar refractivity (Wildman–Crippen MR) is 75.3 cm³/mol. The van der Waals surface area contributed by atoms with Crippen LogP contribution < -0.4 is 5.73 Å². The first-order chi connectivity index (χ1) is 7.75. The van der Waals surface area contributed by atoms with Crippen molar-refractivity contribution in [1.82, 2.24) is 4.90 Å². The normalized spacial score (nSPS) is 19.6. The van der Waals surface area contributed by atoms with Crippen LogP contribution in [0, 0.1) is 5.92 Å². The molecule has 17 heavy (non-hydrogen) atoms. The summed E-state index contributed by atoms with van der Waals surface area (Å²) in [6.07, 6.45) is 2.51. The summed E-state index contributed by atoms with van der Waals surface area (Å²) in [6, 6.07) is 11.1. The Hall–Kier alpha value is -0.570. The standard InChI is InChI=1S/C14H22N2.ClH/c1-12(15)14-7-9-16(10-8-14)11-13-5-3-2-4-6-13;/h2-6,12,14H,7-11,15H2,1H3;1H. The van der Waals surface area contributed by atoms with Crippen molar-refractivity contribution in [2.45, 2.75) is 32.4 Å². The van der Waals surface area contributed by atoms with Gasteiger partial charge in [0.15, 0.2) is 0 Å². The summed E-state index contributed by atoms with van der Waals surface area (Å²) in [6.45, 7) is 5.62. The molecule has 1 fully saturated rings. The highest BCUT2D eigenvalue weighted by Gasteiger charge is 2.21. The maximum atomic E-state index is 5.95. The second-order valence-corrected chi connectivity index (χ2v) is 4.96. The fourth-order valence-corrected chi connectivity index (χ4v) is 2.48. The SMILES string of the molecule is CC(N)C1CCN(Cc2ccccc2)CC1.Cl. The quantitative estimate of drug-likeness (QED) is 0.899. The third-order valence-corrected chi connectivity index (χ3v) is 3.62. The molecular weight excluding hydrogens is 232 g/mol. The highest BCUT2D eigenvalue weighted by molar-refractivity contribution is 5.85. The van der Waals surface area contributed by atoms with Crippen LogP contribution in [0.15, 0.2) is 30.3 Å². The van der Waals surface area contributed by atoms with E-state index < -0.39 is 0 Å². The molecule has 0 radical (unpaired) electrons. The minimum atomic E-state index is 0. The molecule has 1 atom stereocenters. The fourth-order valence-electron chi connectivity index (χ4n) is 2.48. The molecule has 1 unspecified atom stereocenters. The molecule has 0 amide bonds. The second-order valence-electron chi connectivity index (χ2n) is 4.96. The van der Waals surface area contributed by atoms with E-state index in [-0.39, 0.29) is 12.4 Å². The Morgan fingerprint density at radius 2 is 1.82 bits per heavy atom. The lowest BCUT2D eigenvalue weighted by Gasteiger charge is -2.33. The average Bonchev–Trinajstić information content (AvgIpc) is 2.31. The third-order valence-electron chi connectivity index (χ3n) is 3.62. The Labute approximate surface area is 111 Å². The highest BCUT2D eigenvalue weighted by atomic mass is 35.5. The molecule has 2 rings (SSSR count). The molecule has 0 saturated carbocycles. The van der Waals surface area contributed by atoms with Crippen molar-refractivity contribution in [2.24, 2.45) is 11.7 Å². The molecule has 1 saturated heterocycles. The van der Waals surface area contributed by atoms with Gasteiger partial charge in [0.2, 0.25) is 0 Å². The molecule has 2 N–H and O–H groups in total. The first kappa shape index (κ1) is 14.5. The number of nitrogens with two attached hydrogens (primary N) is 1. The molecule has 1 aliphatic heterocycles. The van der Waals surface area contributed by atoms with Crippen molar-refractivity contribution in [1.29, 1.82) is 0 Å². The van der Waals surface area contributed by atoms with Crippen LogP contribution >= 0.6 is 12.4 Å². The molecular formula is C14H23ClN2. The largest absolute Gasteiger partial charge is 0.328 e. The minimum Gasteiger partial charge on any atom is -0.328 e. The van der Waals surface area contributed by atoms with Crippen LogP contribution in [0.5, 0.6) is 0 Å². The van der Waals surface area contributed by atoms with Gasteiger partial charge in [-0.25, -0.2) is 0 Å². The summed E-state index contributed by atoms with van der Waals surface area (Å²) in [5, 5.41) is 0. The van der Waals surface area contributed by atoms with Crippen molar-refractivity contribution in [3.05, 3.63) is 35.9 Å². The van der Waals surface area contributed by atoms with E-state index in [4.69, 9.17) is 5.73 Å². The maximum absolute atomic E-state index is 5.95. The van der Waals surface area contributed by atoms with E-state index in [0.29, 0.717) is 6.04 Å². The molecule has 0 aliphatic carbocycles. The first-order valence-electron chi connectivity index (χ1n) is 6.27. The summed E-state index contributed by atoms with van der Waals surface area (Å²) < 4.78 is 0. The van der Waals surface area contributed by atoms with Crippen molar-refractivity contribution >= 4 is 12.4 Å². The predicted octanol–water partition coefficient (Wildman–Crippen LogP) is 2.67. The van der Waals surface area contributed by atoms with Crippen molar-refractivity contribution in [3.8, 4) is 0 Å². The van der Waals surface area contributed by atoms with Gasteiger partial charge in [0.05, 0.1) is 0 Å². The van der Waals surface area contributed by atoms with Crippen LogP contribution in [-0.2, 0) is 6.54 Å². The topological polar surface area (TPSA) is 29.3 Å². The van der Waals surface area contributed by atoms with Gasteiger partial charge in [0, 0.05) is 12.6 Å². The number of likely N-dealkylation sites (tertiary alicyclic amines) is 1. The Kier molecular flexibility index (Phi) is 5.96. The number of piperidine rings is 1. The van der Waals surface area contributed by atoms with Gasteiger partial charge in [-0.15, -0.1) is 12.4 Å². The van der Waals surface area contributed by atoms with Gasteiger partial charge >= 0.3 is 0 Å². The van der Waals surface area contributed by atoms with Gasteiger partial charge < -0.3 is 5.73 Å². The molecule has 1 aromatic rings. The summed E-state index contributed by atoms with van der Waals surface area (Å²) in [4.78, 5) is 2.54. The van der Waals surface area contributed by atoms with Gasteiger partial charge in [0.25, 0.3) is 0 Å². The Morgan fingerprint density at radius 3 is 2.35 bits per heavy atom. The lowest BCUT2D eigenvalue weighted by Crippen LogP contribution is -2.39. The third kappa shape index (κ3) is 4.30. The molecule has 1 heterocycles.